The minimum atomic E-state index is -0.884. The van der Waals surface area contributed by atoms with Gasteiger partial charge in [-0.15, -0.1) is 0 Å². The van der Waals surface area contributed by atoms with Crippen molar-refractivity contribution < 1.29 is 14.7 Å². The lowest BCUT2D eigenvalue weighted by atomic mass is 9.85. The van der Waals surface area contributed by atoms with E-state index >= 15 is 0 Å². The molecule has 4 nitrogen and oxygen atoms in total. The fourth-order valence-corrected chi connectivity index (χ4v) is 2.04. The van der Waals surface area contributed by atoms with Crippen LogP contribution in [0.25, 0.3) is 0 Å². The molecule has 0 fully saturated rings. The van der Waals surface area contributed by atoms with Crippen LogP contribution in [-0.2, 0) is 16.1 Å². The number of carboxylic acid groups (broad SMARTS) is 1. The van der Waals surface area contributed by atoms with Gasteiger partial charge in [-0.05, 0) is 23.1 Å². The maximum atomic E-state index is 11.8. The van der Waals surface area contributed by atoms with Crippen LogP contribution in [0, 0.1) is 5.41 Å². The quantitative estimate of drug-likeness (QED) is 0.844. The summed E-state index contributed by atoms with van der Waals surface area (Å²) in [5.74, 6) is -1.01. The lowest BCUT2D eigenvalue weighted by Gasteiger charge is -2.21. The molecular formula is C14H18BrNO3. The van der Waals surface area contributed by atoms with Gasteiger partial charge in [0, 0.05) is 17.4 Å². The van der Waals surface area contributed by atoms with Crippen molar-refractivity contribution in [3.63, 3.8) is 0 Å². The summed E-state index contributed by atoms with van der Waals surface area (Å²) in [6.07, 6.45) is 0.189. The molecule has 0 heterocycles. The molecule has 0 atom stereocenters. The normalized spacial score (nSPS) is 11.1. The van der Waals surface area contributed by atoms with Crippen molar-refractivity contribution in [3.8, 4) is 0 Å². The Morgan fingerprint density at radius 3 is 2.32 bits per heavy atom. The molecule has 1 rings (SSSR count). The number of amides is 1. The van der Waals surface area contributed by atoms with Crippen molar-refractivity contribution in [1.82, 2.24) is 5.32 Å². The van der Waals surface area contributed by atoms with E-state index in [-0.39, 0.29) is 18.7 Å². The van der Waals surface area contributed by atoms with Gasteiger partial charge in [0.05, 0.1) is 6.42 Å². The minimum Gasteiger partial charge on any atom is -0.481 e. The van der Waals surface area contributed by atoms with Gasteiger partial charge in [-0.1, -0.05) is 41.9 Å². The van der Waals surface area contributed by atoms with Gasteiger partial charge in [-0.3, -0.25) is 9.59 Å². The third-order valence-corrected chi connectivity index (χ3v) is 3.20. The molecule has 1 amide bonds. The van der Waals surface area contributed by atoms with Crippen LogP contribution in [0.5, 0.6) is 0 Å². The Balaban J connectivity index is 2.43. The van der Waals surface area contributed by atoms with Gasteiger partial charge in [0.15, 0.2) is 0 Å². The molecule has 0 bridgehead atoms. The van der Waals surface area contributed by atoms with Gasteiger partial charge in [0.2, 0.25) is 5.91 Å². The second kappa shape index (κ2) is 6.70. The van der Waals surface area contributed by atoms with Crippen LogP contribution >= 0.6 is 15.9 Å². The number of benzene rings is 1. The Morgan fingerprint density at radius 2 is 1.79 bits per heavy atom. The van der Waals surface area contributed by atoms with Crippen molar-refractivity contribution in [2.45, 2.75) is 33.2 Å². The van der Waals surface area contributed by atoms with E-state index in [9.17, 15) is 9.59 Å². The van der Waals surface area contributed by atoms with E-state index in [0.29, 0.717) is 6.54 Å². The maximum Gasteiger partial charge on any atom is 0.303 e. The summed E-state index contributed by atoms with van der Waals surface area (Å²) in [4.78, 5) is 22.4. The molecule has 0 aliphatic rings. The number of carboxylic acids is 1. The number of nitrogens with one attached hydrogen (secondary N) is 1. The van der Waals surface area contributed by atoms with E-state index in [2.05, 4.69) is 21.2 Å². The zero-order valence-corrected chi connectivity index (χ0v) is 12.7. The zero-order valence-electron chi connectivity index (χ0n) is 11.1. The van der Waals surface area contributed by atoms with Crippen LogP contribution in [0.3, 0.4) is 0 Å². The second-order valence-electron chi connectivity index (χ2n) is 5.31. The first-order chi connectivity index (χ1) is 8.78. The van der Waals surface area contributed by atoms with Crippen molar-refractivity contribution >= 4 is 27.8 Å². The molecule has 0 saturated heterocycles. The molecule has 19 heavy (non-hydrogen) atoms. The number of hydrogen-bond donors (Lipinski definition) is 2. The van der Waals surface area contributed by atoms with Crippen LogP contribution in [0.15, 0.2) is 28.7 Å². The summed E-state index contributed by atoms with van der Waals surface area (Å²) in [5, 5.41) is 11.6. The first-order valence-corrected chi connectivity index (χ1v) is 6.81. The molecule has 0 unspecified atom stereocenters. The lowest BCUT2D eigenvalue weighted by Crippen LogP contribution is -2.29. The lowest BCUT2D eigenvalue weighted by molar-refractivity contribution is -0.139. The number of halogens is 1. The van der Waals surface area contributed by atoms with Gasteiger partial charge in [0.25, 0.3) is 0 Å². The first kappa shape index (κ1) is 15.7. The van der Waals surface area contributed by atoms with Crippen LogP contribution in [-0.4, -0.2) is 17.0 Å². The number of carbonyl (C=O) groups is 2. The molecule has 0 radical (unpaired) electrons. The van der Waals surface area contributed by atoms with E-state index in [1.54, 1.807) is 13.8 Å². The number of hydrogen-bond acceptors (Lipinski definition) is 2. The van der Waals surface area contributed by atoms with E-state index in [1.807, 2.05) is 24.3 Å². The number of carbonyl (C=O) groups excluding carboxylic acids is 1. The third-order valence-electron chi connectivity index (χ3n) is 2.67. The van der Waals surface area contributed by atoms with Gasteiger partial charge in [-0.2, -0.15) is 0 Å². The van der Waals surface area contributed by atoms with Crippen molar-refractivity contribution in [2.24, 2.45) is 5.41 Å². The fraction of sp³-hybridized carbons (Fsp3) is 0.429. The van der Waals surface area contributed by atoms with Gasteiger partial charge in [-0.25, -0.2) is 0 Å². The third kappa shape index (κ3) is 6.38. The predicted molar refractivity (Wildman–Crippen MR) is 76.6 cm³/mol. The van der Waals surface area contributed by atoms with Crippen LogP contribution in [0.2, 0.25) is 0 Å². The number of aliphatic carboxylic acids is 1. The van der Waals surface area contributed by atoms with E-state index < -0.39 is 11.4 Å². The topological polar surface area (TPSA) is 66.4 Å². The largest absolute Gasteiger partial charge is 0.481 e. The highest BCUT2D eigenvalue weighted by molar-refractivity contribution is 9.10. The summed E-state index contributed by atoms with van der Waals surface area (Å²) in [7, 11) is 0. The Hall–Kier alpha value is -1.36. The maximum absolute atomic E-state index is 11.8. The SMILES string of the molecule is CC(C)(CC(=O)O)CC(=O)NCc1ccc(Br)cc1. The van der Waals surface area contributed by atoms with E-state index in [4.69, 9.17) is 5.11 Å². The highest BCUT2D eigenvalue weighted by Crippen LogP contribution is 2.24. The Labute approximate surface area is 121 Å². The molecule has 5 heteroatoms. The summed E-state index contributed by atoms with van der Waals surface area (Å²) >= 11 is 3.35. The van der Waals surface area contributed by atoms with Gasteiger partial charge >= 0.3 is 5.97 Å². The fourth-order valence-electron chi connectivity index (χ4n) is 1.77. The molecule has 1 aromatic carbocycles. The highest BCUT2D eigenvalue weighted by Gasteiger charge is 2.24. The average molecular weight is 328 g/mol. The van der Waals surface area contributed by atoms with Crippen molar-refractivity contribution in [1.29, 1.82) is 0 Å². The minimum absolute atomic E-state index is 0.0152. The first-order valence-electron chi connectivity index (χ1n) is 6.01. The van der Waals surface area contributed by atoms with E-state index in [1.165, 1.54) is 0 Å². The Morgan fingerprint density at radius 1 is 1.21 bits per heavy atom. The molecule has 0 aliphatic heterocycles. The molecule has 1 aromatic rings. The molecule has 0 aliphatic carbocycles. The van der Waals surface area contributed by atoms with Crippen molar-refractivity contribution in [3.05, 3.63) is 34.3 Å². The standard InChI is InChI=1S/C14H18BrNO3/c1-14(2,8-13(18)19)7-12(17)16-9-10-3-5-11(15)6-4-10/h3-6H,7-9H2,1-2H3,(H,16,17)(H,18,19). The molecule has 0 spiro atoms. The van der Waals surface area contributed by atoms with Gasteiger partial charge < -0.3 is 10.4 Å². The molecular weight excluding hydrogens is 310 g/mol. The van der Waals surface area contributed by atoms with Crippen LogP contribution in [0.1, 0.15) is 32.3 Å². The highest BCUT2D eigenvalue weighted by atomic mass is 79.9. The molecule has 0 saturated carbocycles. The zero-order chi connectivity index (χ0) is 14.5. The summed E-state index contributed by atoms with van der Waals surface area (Å²) in [5.41, 5.74) is 0.475. The smallest absolute Gasteiger partial charge is 0.303 e. The summed E-state index contributed by atoms with van der Waals surface area (Å²) < 4.78 is 0.991. The predicted octanol–water partition coefficient (Wildman–Crippen LogP) is 2.96. The van der Waals surface area contributed by atoms with Crippen LogP contribution < -0.4 is 5.32 Å². The number of rotatable bonds is 6. The molecule has 2 N–H and O–H groups in total. The monoisotopic (exact) mass is 327 g/mol. The van der Waals surface area contributed by atoms with Crippen LogP contribution in [0.4, 0.5) is 0 Å². The Kier molecular flexibility index (Phi) is 5.54. The molecule has 0 aromatic heterocycles. The molecule has 104 valence electrons. The average Bonchev–Trinajstić information content (AvgIpc) is 2.25. The van der Waals surface area contributed by atoms with Gasteiger partial charge in [0.1, 0.15) is 0 Å². The summed E-state index contributed by atoms with van der Waals surface area (Å²) in [6, 6.07) is 7.67. The summed E-state index contributed by atoms with van der Waals surface area (Å²) in [6.45, 7) is 4.01. The second-order valence-corrected chi connectivity index (χ2v) is 6.23. The van der Waals surface area contributed by atoms with E-state index in [0.717, 1.165) is 10.0 Å². The Bertz CT molecular complexity index is 454. The van der Waals surface area contributed by atoms with Crippen molar-refractivity contribution in [2.75, 3.05) is 0 Å².